The maximum atomic E-state index is 13.5. The number of anilines is 2. The number of aliphatic hydroxyl groups excluding tert-OH is 3. The first-order valence-corrected chi connectivity index (χ1v) is 19.7. The molecular formula is C48H57FN7O7+. The Bertz CT molecular complexity index is 2320. The Labute approximate surface area is 368 Å². The van der Waals surface area contributed by atoms with E-state index in [4.69, 9.17) is 35.3 Å². The monoisotopic (exact) mass is 862 g/mol. The number of nitrogens with two attached hydrogens (primary N) is 2. The molecule has 0 radical (unpaired) electrons. The van der Waals surface area contributed by atoms with E-state index >= 15 is 0 Å². The standard InChI is InChI=1S/C36H28FN5O2.C5H10O3.C3H9N.C2H2.CH3NO.CH4O/c1-44-35-11-5-28(20-34(35)40-25-43)24-41-16-13-29(14-17-41)33-10-9-32(22-30(33)6-2-26-3-7-31(37)8-4-26)39-23-27-12-18-42-19-15-38-36(42)21-27;6-4-1-5(7)3-8-2-4;1-2-3-4;1-2;2-1-3;1-2/h3-5,7-22,25H,23-24H2,1H3,(H,40,43);4-7H,1-3H2;2-4H2,1H3;1-2H;1H,(H2,2,3);2H,1H3/p+1. The number of carbonyl (C=O) groups is 2. The lowest BCUT2D eigenvalue weighted by Crippen LogP contribution is -2.33. The van der Waals surface area contributed by atoms with Crippen LogP contribution in [0.4, 0.5) is 15.8 Å². The zero-order valence-corrected chi connectivity index (χ0v) is 35.7. The number of aliphatic hydroxyl groups is 3. The van der Waals surface area contributed by atoms with Crippen molar-refractivity contribution in [3.05, 3.63) is 144 Å². The molecule has 1 aliphatic rings. The van der Waals surface area contributed by atoms with E-state index < -0.39 is 12.2 Å². The fourth-order valence-electron chi connectivity index (χ4n) is 5.72. The van der Waals surface area contributed by atoms with Gasteiger partial charge in [-0.2, -0.15) is 0 Å². The zero-order valence-electron chi connectivity index (χ0n) is 35.7. The van der Waals surface area contributed by atoms with Gasteiger partial charge in [0.15, 0.2) is 18.9 Å². The van der Waals surface area contributed by atoms with E-state index in [-0.39, 0.29) is 12.2 Å². The number of pyridine rings is 2. The van der Waals surface area contributed by atoms with Crippen molar-refractivity contribution in [1.82, 2.24) is 9.38 Å². The van der Waals surface area contributed by atoms with E-state index in [1.54, 1.807) is 25.4 Å². The summed E-state index contributed by atoms with van der Waals surface area (Å²) in [5.74, 6) is 6.81. The highest BCUT2D eigenvalue weighted by molar-refractivity contribution is 5.76. The lowest BCUT2D eigenvalue weighted by atomic mass is 9.99. The number of aromatic nitrogens is 3. The normalized spacial score (nSPS) is 13.2. The maximum absolute atomic E-state index is 13.5. The quantitative estimate of drug-likeness (QED) is 0.0582. The molecule has 6 aromatic rings. The van der Waals surface area contributed by atoms with Gasteiger partial charge in [-0.15, -0.1) is 12.8 Å². The Kier molecular flexibility index (Phi) is 24.8. The minimum atomic E-state index is -0.459. The van der Waals surface area contributed by atoms with Crippen LogP contribution in [-0.2, 0) is 27.4 Å². The topological polar surface area (TPSA) is 211 Å². The highest BCUT2D eigenvalue weighted by atomic mass is 19.1. The molecule has 7 rings (SSSR count). The number of fused-ring (bicyclic) bond motifs is 1. The SMILES string of the molecule is C#C.CCCN.CO.COc1ccc(C[n+]2ccc(-c3ccc(NCc4ccn5ccnc5c4)cc3C#Cc3ccc(F)cc3)cc2)cc1NC=O.NC=O.OC1COCC(O)C1. The number of methoxy groups -OCH3 is 1. The number of nitrogens with zero attached hydrogens (tertiary/aromatic N) is 3. The summed E-state index contributed by atoms with van der Waals surface area (Å²) in [5, 5.41) is 30.8. The first kappa shape index (κ1) is 52.0. The van der Waals surface area contributed by atoms with Crippen LogP contribution in [0.2, 0.25) is 0 Å². The molecule has 0 aliphatic carbocycles. The largest absolute Gasteiger partial charge is 0.495 e. The molecular weight excluding hydrogens is 806 g/mol. The first-order valence-electron chi connectivity index (χ1n) is 19.7. The number of imidazole rings is 1. The van der Waals surface area contributed by atoms with Crippen LogP contribution in [0.1, 0.15) is 42.0 Å². The Morgan fingerprint density at radius 2 is 1.62 bits per heavy atom. The molecule has 3 aromatic carbocycles. The third kappa shape index (κ3) is 18.2. The molecule has 4 heterocycles. The second-order valence-electron chi connectivity index (χ2n) is 13.2. The van der Waals surface area contributed by atoms with Crippen LogP contribution in [0.25, 0.3) is 16.8 Å². The van der Waals surface area contributed by atoms with Gasteiger partial charge in [-0.1, -0.05) is 24.8 Å². The molecule has 2 amide bonds. The van der Waals surface area contributed by atoms with E-state index in [0.717, 1.165) is 64.8 Å². The third-order valence-corrected chi connectivity index (χ3v) is 8.66. The molecule has 9 N–H and O–H groups in total. The number of primary amides is 1. The first-order chi connectivity index (χ1) is 30.7. The van der Waals surface area contributed by atoms with Crippen LogP contribution in [0.3, 0.4) is 0 Å². The second-order valence-corrected chi connectivity index (χ2v) is 13.2. The number of amides is 2. The highest BCUT2D eigenvalue weighted by Gasteiger charge is 2.17. The number of nitrogens with one attached hydrogen (secondary N) is 2. The Balaban J connectivity index is 0.000000606. The molecule has 2 unspecified atom stereocenters. The lowest BCUT2D eigenvalue weighted by Gasteiger charge is -2.21. The molecule has 0 spiro atoms. The number of hydrogen-bond donors (Lipinski definition) is 7. The van der Waals surface area contributed by atoms with Gasteiger partial charge in [0.05, 0.1) is 38.2 Å². The van der Waals surface area contributed by atoms with Crippen molar-refractivity contribution in [2.45, 2.75) is 45.1 Å². The molecule has 14 nitrogen and oxygen atoms in total. The summed E-state index contributed by atoms with van der Waals surface area (Å²) >= 11 is 0. The van der Waals surface area contributed by atoms with E-state index in [1.807, 2.05) is 59.5 Å². The van der Waals surface area contributed by atoms with Crippen LogP contribution in [0, 0.1) is 30.5 Å². The average molecular weight is 863 g/mol. The summed E-state index contributed by atoms with van der Waals surface area (Å²) in [6.07, 6.45) is 19.3. The third-order valence-electron chi connectivity index (χ3n) is 8.66. The van der Waals surface area contributed by atoms with Gasteiger partial charge in [0.2, 0.25) is 12.8 Å². The molecule has 0 saturated carbocycles. The molecule has 2 atom stereocenters. The van der Waals surface area contributed by atoms with Gasteiger partial charge in [0.1, 0.15) is 17.2 Å². The number of carbonyl (C=O) groups excluding carboxylic acids is 2. The van der Waals surface area contributed by atoms with Gasteiger partial charge in [-0.25, -0.2) is 13.9 Å². The van der Waals surface area contributed by atoms with Crippen molar-refractivity contribution in [1.29, 1.82) is 0 Å². The van der Waals surface area contributed by atoms with Crippen LogP contribution < -0.4 is 31.4 Å². The number of ether oxygens (including phenoxy) is 2. The van der Waals surface area contributed by atoms with Crippen molar-refractivity contribution in [2.75, 3.05) is 44.6 Å². The van der Waals surface area contributed by atoms with E-state index in [9.17, 15) is 9.18 Å². The summed E-state index contributed by atoms with van der Waals surface area (Å²) < 4.78 is 27.6. The molecule has 1 aliphatic heterocycles. The maximum Gasteiger partial charge on any atom is 0.211 e. The number of terminal acetylenes is 1. The highest BCUT2D eigenvalue weighted by Crippen LogP contribution is 2.27. The Hall–Kier alpha value is -7.11. The van der Waals surface area contributed by atoms with Crippen molar-refractivity contribution in [3.63, 3.8) is 0 Å². The van der Waals surface area contributed by atoms with Crippen molar-refractivity contribution in [2.24, 2.45) is 11.5 Å². The Morgan fingerprint density at radius 1 is 0.952 bits per heavy atom. The molecule has 0 bridgehead atoms. The lowest BCUT2D eigenvalue weighted by molar-refractivity contribution is -0.688. The van der Waals surface area contributed by atoms with E-state index in [0.29, 0.717) is 50.6 Å². The molecule has 63 heavy (non-hydrogen) atoms. The summed E-state index contributed by atoms with van der Waals surface area (Å²) in [6.45, 7) is 4.87. The minimum absolute atomic E-state index is 0.250. The van der Waals surface area contributed by atoms with Gasteiger partial charge < -0.3 is 51.3 Å². The van der Waals surface area contributed by atoms with Crippen LogP contribution in [0.5, 0.6) is 5.75 Å². The minimum Gasteiger partial charge on any atom is -0.495 e. The van der Waals surface area contributed by atoms with Gasteiger partial charge >= 0.3 is 0 Å². The van der Waals surface area contributed by atoms with Gasteiger partial charge in [0, 0.05) is 73.2 Å². The number of hydrogen-bond acceptors (Lipinski definition) is 10. The van der Waals surface area contributed by atoms with Gasteiger partial charge in [-0.3, -0.25) is 9.59 Å². The Morgan fingerprint density at radius 3 is 2.21 bits per heavy atom. The van der Waals surface area contributed by atoms with Gasteiger partial charge in [-0.05, 0) is 96.4 Å². The average Bonchev–Trinajstić information content (AvgIpc) is 3.79. The molecule has 15 heteroatoms. The van der Waals surface area contributed by atoms with Crippen molar-refractivity contribution < 1.29 is 43.3 Å². The molecule has 1 fully saturated rings. The van der Waals surface area contributed by atoms with E-state index in [1.165, 1.54) is 12.1 Å². The van der Waals surface area contributed by atoms with Crippen LogP contribution >= 0.6 is 0 Å². The molecule has 1 saturated heterocycles. The fourth-order valence-corrected chi connectivity index (χ4v) is 5.72. The second kappa shape index (κ2) is 30.0. The predicted molar refractivity (Wildman–Crippen MR) is 244 cm³/mol. The predicted octanol–water partition coefficient (Wildman–Crippen LogP) is 4.51. The van der Waals surface area contributed by atoms with E-state index in [2.05, 4.69) is 87.9 Å². The summed E-state index contributed by atoms with van der Waals surface area (Å²) in [7, 11) is 2.57. The van der Waals surface area contributed by atoms with Crippen LogP contribution in [-0.4, -0.2) is 83.7 Å². The number of rotatable bonds is 10. The molecule has 3 aromatic heterocycles. The fraction of sp³-hybridized carbons (Fsp3) is 0.250. The number of halogens is 1. The summed E-state index contributed by atoms with van der Waals surface area (Å²) in [6, 6.07) is 26.3. The van der Waals surface area contributed by atoms with Crippen molar-refractivity contribution in [3.8, 4) is 41.6 Å². The van der Waals surface area contributed by atoms with Gasteiger partial charge in [0.25, 0.3) is 0 Å². The number of benzene rings is 3. The summed E-state index contributed by atoms with van der Waals surface area (Å²) in [4.78, 5) is 24.0. The summed E-state index contributed by atoms with van der Waals surface area (Å²) in [5.41, 5.74) is 17.4. The smallest absolute Gasteiger partial charge is 0.211 e. The van der Waals surface area contributed by atoms with Crippen LogP contribution in [0.15, 0.2) is 116 Å². The molecule has 332 valence electrons. The zero-order chi connectivity index (χ0) is 46.4. The van der Waals surface area contributed by atoms with Crippen molar-refractivity contribution >= 4 is 29.8 Å².